The Hall–Kier alpha value is -3.71. The van der Waals surface area contributed by atoms with Gasteiger partial charge >= 0.3 is 0 Å². The minimum absolute atomic E-state index is 0.107. The van der Waals surface area contributed by atoms with Gasteiger partial charge in [-0.05, 0) is 24.6 Å². The lowest BCUT2D eigenvalue weighted by Crippen LogP contribution is -2.16. The summed E-state index contributed by atoms with van der Waals surface area (Å²) in [5.41, 5.74) is 4.46. The molecule has 9 nitrogen and oxygen atoms in total. The van der Waals surface area contributed by atoms with Gasteiger partial charge in [-0.1, -0.05) is 12.1 Å². The van der Waals surface area contributed by atoms with Crippen molar-refractivity contribution in [3.8, 4) is 11.9 Å². The Morgan fingerprint density at radius 2 is 2.07 bits per heavy atom. The highest BCUT2D eigenvalue weighted by atomic mass is 32.2. The molecule has 29 heavy (non-hydrogen) atoms. The average molecular weight is 402 g/mol. The number of thioether (sulfide) groups is 1. The smallest absolute Gasteiger partial charge is 0.235 e. The number of hydrogen-bond acceptors (Lipinski definition) is 7. The Labute approximate surface area is 169 Å². The summed E-state index contributed by atoms with van der Waals surface area (Å²) in [5, 5.41) is 16.6. The van der Waals surface area contributed by atoms with Crippen LogP contribution in [0, 0.1) is 18.3 Å². The normalized spacial score (nSPS) is 16.1. The van der Waals surface area contributed by atoms with Crippen LogP contribution in [-0.2, 0) is 4.79 Å². The van der Waals surface area contributed by atoms with Crippen molar-refractivity contribution in [3.05, 3.63) is 59.3 Å². The van der Waals surface area contributed by atoms with E-state index in [1.807, 2.05) is 19.1 Å². The molecule has 0 saturated carbocycles. The van der Waals surface area contributed by atoms with Crippen LogP contribution >= 0.6 is 11.8 Å². The summed E-state index contributed by atoms with van der Waals surface area (Å²) < 4.78 is 1.63. The van der Waals surface area contributed by atoms with Crippen molar-refractivity contribution in [2.75, 3.05) is 11.1 Å². The molecular formula is C19H14N8OS. The molecule has 4 heterocycles. The van der Waals surface area contributed by atoms with Crippen LogP contribution in [0.3, 0.4) is 0 Å². The highest BCUT2D eigenvalue weighted by Gasteiger charge is 2.31. The van der Waals surface area contributed by atoms with Crippen LogP contribution in [-0.4, -0.2) is 41.4 Å². The van der Waals surface area contributed by atoms with Crippen LogP contribution in [0.4, 0.5) is 5.82 Å². The number of H-pyrrole nitrogens is 1. The monoisotopic (exact) mass is 402 g/mol. The molecule has 1 amide bonds. The van der Waals surface area contributed by atoms with Crippen molar-refractivity contribution in [3.63, 3.8) is 0 Å². The topological polar surface area (TPSA) is 125 Å². The maximum absolute atomic E-state index is 12.5. The molecule has 0 bridgehead atoms. The van der Waals surface area contributed by atoms with Gasteiger partial charge in [0.1, 0.15) is 17.7 Å². The molecule has 0 spiro atoms. The molecule has 1 aromatic carbocycles. The highest BCUT2D eigenvalue weighted by molar-refractivity contribution is 8.00. The highest BCUT2D eigenvalue weighted by Crippen LogP contribution is 2.43. The summed E-state index contributed by atoms with van der Waals surface area (Å²) in [5.74, 6) is 1.30. The third-order valence-corrected chi connectivity index (χ3v) is 6.02. The predicted molar refractivity (Wildman–Crippen MR) is 108 cm³/mol. The van der Waals surface area contributed by atoms with Crippen molar-refractivity contribution < 1.29 is 4.79 Å². The Bertz CT molecular complexity index is 1280. The Morgan fingerprint density at radius 1 is 1.24 bits per heavy atom. The summed E-state index contributed by atoms with van der Waals surface area (Å²) in [6.07, 6.45) is 2.97. The first kappa shape index (κ1) is 17.4. The number of nitriles is 1. The summed E-state index contributed by atoms with van der Waals surface area (Å²) >= 11 is 1.53. The number of carbonyl (C=O) groups is 1. The second kappa shape index (κ2) is 6.72. The summed E-state index contributed by atoms with van der Waals surface area (Å²) in [6.45, 7) is 1.91. The van der Waals surface area contributed by atoms with Crippen LogP contribution < -0.4 is 5.32 Å². The molecule has 3 aromatic heterocycles. The number of nitrogens with one attached hydrogen (secondary N) is 2. The first-order valence-corrected chi connectivity index (χ1v) is 9.86. The molecule has 0 fully saturated rings. The van der Waals surface area contributed by atoms with E-state index in [1.165, 1.54) is 18.1 Å². The van der Waals surface area contributed by atoms with Crippen molar-refractivity contribution >= 4 is 34.7 Å². The van der Waals surface area contributed by atoms with E-state index in [0.717, 1.165) is 16.8 Å². The van der Waals surface area contributed by atoms with E-state index in [9.17, 15) is 4.79 Å². The van der Waals surface area contributed by atoms with Gasteiger partial charge in [-0.15, -0.1) is 11.8 Å². The lowest BCUT2D eigenvalue weighted by Gasteiger charge is -2.15. The van der Waals surface area contributed by atoms with E-state index in [2.05, 4.69) is 36.4 Å². The molecule has 0 saturated heterocycles. The van der Waals surface area contributed by atoms with Gasteiger partial charge in [0.2, 0.25) is 5.91 Å². The SMILES string of the molecule is Cc1nn(-c2ncnc3nc[nH]c23)c2c1C(c1ccc(C#N)cc1)SCC(=O)N2. The fourth-order valence-corrected chi connectivity index (χ4v) is 4.63. The number of rotatable bonds is 2. The van der Waals surface area contributed by atoms with Gasteiger partial charge in [0.05, 0.1) is 34.7 Å². The summed E-state index contributed by atoms with van der Waals surface area (Å²) in [4.78, 5) is 28.2. The molecule has 4 aromatic rings. The van der Waals surface area contributed by atoms with Crippen molar-refractivity contribution in [1.29, 1.82) is 5.26 Å². The quantitative estimate of drug-likeness (QED) is 0.528. The summed E-state index contributed by atoms with van der Waals surface area (Å²) in [7, 11) is 0. The number of aromatic amines is 1. The third kappa shape index (κ3) is 2.83. The van der Waals surface area contributed by atoms with E-state index in [1.54, 1.807) is 23.1 Å². The Kier molecular flexibility index (Phi) is 4.03. The number of amides is 1. The van der Waals surface area contributed by atoms with Crippen molar-refractivity contribution in [2.24, 2.45) is 0 Å². The fraction of sp³-hybridized carbons (Fsp3) is 0.158. The Morgan fingerprint density at radius 3 is 2.86 bits per heavy atom. The molecule has 1 aliphatic heterocycles. The standard InChI is InChI=1S/C19H14N8OS/c1-10-14-16(12-4-2-11(6-20)3-5-12)29-7-13(28)25-18(14)27(26-10)19-15-17(22-8-21-15)23-9-24-19/h2-5,8-9,16H,7H2,1H3,(H,25,28)(H,21,22,23,24). The van der Waals surface area contributed by atoms with Crippen LogP contribution in [0.5, 0.6) is 0 Å². The number of nitrogens with zero attached hydrogens (tertiary/aromatic N) is 6. The van der Waals surface area contributed by atoms with Crippen LogP contribution in [0.25, 0.3) is 17.0 Å². The molecule has 0 aliphatic carbocycles. The zero-order valence-electron chi connectivity index (χ0n) is 15.2. The lowest BCUT2D eigenvalue weighted by atomic mass is 10.0. The molecule has 1 atom stereocenters. The predicted octanol–water partition coefficient (Wildman–Crippen LogP) is 2.49. The van der Waals surface area contributed by atoms with Gasteiger partial charge in [0, 0.05) is 5.56 Å². The lowest BCUT2D eigenvalue weighted by molar-refractivity contribution is -0.113. The minimum Gasteiger partial charge on any atom is -0.340 e. The molecule has 2 N–H and O–H groups in total. The van der Waals surface area contributed by atoms with Gasteiger partial charge in [0.25, 0.3) is 0 Å². The van der Waals surface area contributed by atoms with E-state index in [-0.39, 0.29) is 11.2 Å². The number of fused-ring (bicyclic) bond motifs is 2. The molecule has 5 rings (SSSR count). The number of aryl methyl sites for hydroxylation is 1. The van der Waals surface area contributed by atoms with Gasteiger partial charge < -0.3 is 10.3 Å². The number of imidazole rings is 1. The molecular weight excluding hydrogens is 388 g/mol. The zero-order chi connectivity index (χ0) is 20.0. The maximum atomic E-state index is 12.5. The molecule has 142 valence electrons. The second-order valence-electron chi connectivity index (χ2n) is 6.53. The second-order valence-corrected chi connectivity index (χ2v) is 7.62. The number of carbonyl (C=O) groups excluding carboxylic acids is 1. The van der Waals surface area contributed by atoms with Crippen molar-refractivity contribution in [1.82, 2.24) is 29.7 Å². The van der Waals surface area contributed by atoms with E-state index in [4.69, 9.17) is 5.26 Å². The van der Waals surface area contributed by atoms with E-state index >= 15 is 0 Å². The maximum Gasteiger partial charge on any atom is 0.235 e. The van der Waals surface area contributed by atoms with Crippen LogP contribution in [0.1, 0.15) is 27.6 Å². The van der Waals surface area contributed by atoms with Crippen LogP contribution in [0.15, 0.2) is 36.9 Å². The molecule has 0 radical (unpaired) electrons. The zero-order valence-corrected chi connectivity index (χ0v) is 16.1. The molecule has 1 aliphatic rings. The average Bonchev–Trinajstić information content (AvgIpc) is 3.29. The van der Waals surface area contributed by atoms with Crippen molar-refractivity contribution in [2.45, 2.75) is 12.2 Å². The van der Waals surface area contributed by atoms with E-state index < -0.39 is 0 Å². The summed E-state index contributed by atoms with van der Waals surface area (Å²) in [6, 6.07) is 9.55. The number of aromatic nitrogens is 6. The minimum atomic E-state index is -0.108. The third-order valence-electron chi connectivity index (χ3n) is 4.75. The van der Waals surface area contributed by atoms with Gasteiger partial charge in [0.15, 0.2) is 11.5 Å². The Balaban J connectivity index is 1.71. The first-order valence-electron chi connectivity index (χ1n) is 8.81. The number of benzene rings is 1. The largest absolute Gasteiger partial charge is 0.340 e. The van der Waals surface area contributed by atoms with Gasteiger partial charge in [-0.3, -0.25) is 4.79 Å². The number of hydrogen-bond donors (Lipinski definition) is 2. The molecule has 1 unspecified atom stereocenters. The number of anilines is 1. The van der Waals surface area contributed by atoms with Crippen LogP contribution in [0.2, 0.25) is 0 Å². The van der Waals surface area contributed by atoms with Gasteiger partial charge in [-0.2, -0.15) is 15.0 Å². The molecule has 10 heteroatoms. The fourth-order valence-electron chi connectivity index (χ4n) is 3.45. The van der Waals surface area contributed by atoms with Gasteiger partial charge in [-0.25, -0.2) is 15.0 Å². The first-order chi connectivity index (χ1) is 14.2. The van der Waals surface area contributed by atoms with E-state index in [0.29, 0.717) is 34.1 Å².